The van der Waals surface area contributed by atoms with Crippen molar-refractivity contribution in [1.82, 2.24) is 10.2 Å². The fraction of sp³-hybridized carbons (Fsp3) is 0.216. The van der Waals surface area contributed by atoms with Crippen LogP contribution >= 0.6 is 24.4 Å². The zero-order chi connectivity index (χ0) is 101. The summed E-state index contributed by atoms with van der Waals surface area (Å²) in [6.45, 7) is 36.9. The number of ketones is 6. The first-order valence-corrected chi connectivity index (χ1v) is 56.8. The van der Waals surface area contributed by atoms with Crippen LogP contribution in [0.4, 0.5) is 63.7 Å². The molecule has 2 amide bonds. The molecule has 0 atom stereocenters. The van der Waals surface area contributed by atoms with Crippen LogP contribution in [0.1, 0.15) is 272 Å². The van der Waals surface area contributed by atoms with Crippen LogP contribution in [0.15, 0.2) is 277 Å². The SMILES string of the molecule is CC1(C)c2ccccc2N2c3[se]c(/C=C4\C(=O)CC(=S)NC4=O)cc3C(C)(C)c3cccc1c32.CC1(C)c2ccccc2N2c3[se]c(C=C4C(=O)c5cc6ccccc6cc5C4=O)cc3C(C)(C)c3cccc1c32.CC1(C)c2ccccc2N2c3[se]c(C=C4C(=O)c5ccccc5C4=O)cc3C(C)(C)c3cccc1c32.CN1C(=O)/C(=C/c2cc3c([se]2)N2c4ccccc4C(C)(C)c4cccc(c42)C3(C)C)C(=O)CC1=S. The Kier molecular flexibility index (Phi) is 21.4. The summed E-state index contributed by atoms with van der Waals surface area (Å²) < 4.78 is 9.39. The first-order valence-electron chi connectivity index (χ1n) is 49.1. The minimum atomic E-state index is -0.391. The van der Waals surface area contributed by atoms with Crippen LogP contribution < -0.4 is 24.9 Å². The second kappa shape index (κ2) is 33.0. The number of Topliss-reactive ketones (excluding diaryl/α,β-unsaturated/α-hetero) is 6. The summed E-state index contributed by atoms with van der Waals surface area (Å²) in [6, 6.07) is 89.3. The van der Waals surface area contributed by atoms with Gasteiger partial charge in [-0.15, -0.1) is 0 Å². The van der Waals surface area contributed by atoms with Crippen LogP contribution in [-0.2, 0) is 62.5 Å². The second-order valence-electron chi connectivity index (χ2n) is 43.9. The van der Waals surface area contributed by atoms with Crippen LogP contribution in [-0.4, -0.2) is 126 Å². The van der Waals surface area contributed by atoms with Gasteiger partial charge >= 0.3 is 886 Å². The first kappa shape index (κ1) is 94.3. The van der Waals surface area contributed by atoms with Gasteiger partial charge in [-0.3, -0.25) is 0 Å². The van der Waals surface area contributed by atoms with Crippen molar-refractivity contribution in [3.8, 4) is 0 Å². The van der Waals surface area contributed by atoms with E-state index in [1.165, 1.54) is 158 Å². The van der Waals surface area contributed by atoms with Crippen molar-refractivity contribution in [3.63, 3.8) is 0 Å². The van der Waals surface area contributed by atoms with Crippen LogP contribution in [0.5, 0.6) is 0 Å². The maximum atomic E-state index is 13.5. The third-order valence-electron chi connectivity index (χ3n) is 32.7. The molecule has 0 unspecified atom stereocenters. The number of likely N-dealkylation sites (N-methyl/N-ethyl adjacent to an activating group) is 1. The number of para-hydroxylation sites is 8. The first-order chi connectivity index (χ1) is 69.0. The number of allylic oxidation sites excluding steroid dienone is 2. The number of hydrogen-bond acceptors (Lipinski definition) is 14. The van der Waals surface area contributed by atoms with Gasteiger partial charge in [-0.1, -0.05) is 0 Å². The van der Waals surface area contributed by atoms with Crippen molar-refractivity contribution >= 4 is 238 Å². The maximum absolute atomic E-state index is 13.5. The van der Waals surface area contributed by atoms with Crippen LogP contribution in [0.3, 0.4) is 0 Å². The summed E-state index contributed by atoms with van der Waals surface area (Å²) in [4.78, 5) is 116. The molecule has 11 aromatic carbocycles. The number of benzene rings is 11. The molecule has 2 saturated heterocycles. The number of likely N-dealkylation sites (tertiary alicyclic amines) is 1. The molecule has 27 rings (SSSR count). The summed E-state index contributed by atoms with van der Waals surface area (Å²) in [6.07, 6.45) is 7.57. The summed E-state index contributed by atoms with van der Waals surface area (Å²) in [5.41, 5.74) is 32.9. The van der Waals surface area contributed by atoms with Crippen LogP contribution in [0.25, 0.3) is 35.1 Å². The van der Waals surface area contributed by atoms with E-state index in [1.807, 2.05) is 66.8 Å². The van der Waals surface area contributed by atoms with E-state index in [0.717, 1.165) is 28.5 Å². The van der Waals surface area contributed by atoms with Gasteiger partial charge in [0.05, 0.1) is 0 Å². The molecule has 20 heteroatoms. The van der Waals surface area contributed by atoms with E-state index < -0.39 is 5.91 Å². The van der Waals surface area contributed by atoms with E-state index >= 15 is 0 Å². The molecule has 716 valence electrons. The Hall–Kier alpha value is -13.0. The topological polar surface area (TPSA) is 165 Å². The van der Waals surface area contributed by atoms with Gasteiger partial charge in [-0.05, 0) is 0 Å². The van der Waals surface area contributed by atoms with Gasteiger partial charge in [0.1, 0.15) is 0 Å². The normalized spacial score (nSPS) is 19.0. The van der Waals surface area contributed by atoms with E-state index in [0.29, 0.717) is 37.8 Å². The molecule has 0 radical (unpaired) electrons. The second-order valence-corrected chi connectivity index (χ2v) is 53.7. The molecule has 14 nitrogen and oxygen atoms in total. The van der Waals surface area contributed by atoms with Crippen molar-refractivity contribution in [3.05, 3.63) is 406 Å². The van der Waals surface area contributed by atoms with Gasteiger partial charge in [-0.2, -0.15) is 0 Å². The van der Waals surface area contributed by atoms with Crippen molar-refractivity contribution in [1.29, 1.82) is 0 Å². The number of fused-ring (bicyclic) bond motifs is 19. The van der Waals surface area contributed by atoms with Gasteiger partial charge in [0.25, 0.3) is 0 Å². The molecule has 0 spiro atoms. The minimum absolute atomic E-state index is 0.0473. The molecule has 4 aromatic heterocycles. The molecule has 14 heterocycles. The van der Waals surface area contributed by atoms with Crippen molar-refractivity contribution in [2.45, 2.75) is 167 Å². The number of carbonyl (C=O) groups excluding carboxylic acids is 8. The van der Waals surface area contributed by atoms with E-state index in [1.54, 1.807) is 25.3 Å². The average molecular weight is 2200 g/mol. The van der Waals surface area contributed by atoms with Crippen molar-refractivity contribution in [2.75, 3.05) is 26.6 Å². The van der Waals surface area contributed by atoms with E-state index in [4.69, 9.17) is 24.4 Å². The molecule has 10 aliphatic heterocycles. The standard InChI is InChI=1S/C36H27NO2Se.C32H25NO2Se.C29H26N2O2SSe.C28H24N2O2SSe/c1-35(2)26-12-7-8-15-30(26)37-31-27(35)13-9-14-28(31)36(3,4)29-19-22(40-34(29)37)18-25-32(38)23-16-20-10-5-6-11-21(20)17-24(23)33(25)39;1-31(2)22-12-7-8-15-26(22)33-27-23(31)13-9-14-24(27)32(3,4)25-17-18(36-30(25)33)16-21-28(34)19-10-5-6-11-20(19)29(21)35;1-28(2)18-9-6-7-12-22(18)31-25-19(28)10-8-11-20(25)29(3,4)21-14-16(35-27(21)31)13-17-23(32)15-24(34)30(5)26(17)33;1-27(2)17-8-5-6-11-21(17)30-24-18(27)9-7-10-19(24)28(3,4)20-13-15(34-26(20)30)12-16-22(31)14-23(33)29-25(16)32/h5-19H,1-4H3;5-17H,1-4H3;6-14H,15H2,1-5H3;5-13H,14H2,1-4H3,(H,29,32,33)/b;;17-13+;16-12+. The van der Waals surface area contributed by atoms with Gasteiger partial charge < -0.3 is 0 Å². The Morgan fingerprint density at radius 3 is 0.807 bits per heavy atom. The summed E-state index contributed by atoms with van der Waals surface area (Å²) in [5.74, 6) is -1.73. The summed E-state index contributed by atoms with van der Waals surface area (Å²) >= 11 is 10.0. The molecule has 2 fully saturated rings. The Balaban J connectivity index is 0.000000104. The summed E-state index contributed by atoms with van der Waals surface area (Å²) in [7, 11) is 1.65. The molecular formula is C125H102N6O8S2Se4. The zero-order valence-electron chi connectivity index (χ0n) is 83.4. The fourth-order valence-electron chi connectivity index (χ4n) is 24.6. The van der Waals surface area contributed by atoms with E-state index in [9.17, 15) is 38.4 Å². The number of amides is 2. The number of anilines is 12. The number of hydrogen-bond donors (Lipinski definition) is 1. The molecule has 15 aromatic rings. The molecule has 145 heavy (non-hydrogen) atoms. The third-order valence-corrected chi connectivity index (χ3v) is 42.3. The molecular weight excluding hydrogens is 2090 g/mol. The van der Waals surface area contributed by atoms with Crippen LogP contribution in [0.2, 0.25) is 0 Å². The van der Waals surface area contributed by atoms with Gasteiger partial charge in [-0.25, -0.2) is 0 Å². The molecule has 12 aliphatic rings. The Bertz CT molecular complexity index is 8540. The Morgan fingerprint density at radius 2 is 0.510 bits per heavy atom. The number of nitrogens with one attached hydrogen (secondary N) is 1. The monoisotopic (exact) mass is 2200 g/mol. The van der Waals surface area contributed by atoms with E-state index in [2.05, 4.69) is 330 Å². The molecule has 1 N–H and O–H groups in total. The van der Waals surface area contributed by atoms with Gasteiger partial charge in [0.15, 0.2) is 0 Å². The van der Waals surface area contributed by atoms with Crippen LogP contribution in [0, 0.1) is 0 Å². The number of piperidine rings is 2. The van der Waals surface area contributed by atoms with Crippen molar-refractivity contribution in [2.24, 2.45) is 0 Å². The fourth-order valence-corrected chi connectivity index (χ4v) is 35.8. The molecule has 2 aliphatic carbocycles. The molecule has 0 saturated carbocycles. The molecule has 0 bridgehead atoms. The van der Waals surface area contributed by atoms with E-state index in [-0.39, 0.29) is 172 Å². The number of rotatable bonds is 4. The summed E-state index contributed by atoms with van der Waals surface area (Å²) in [5, 5.41) is 4.60. The predicted octanol–water partition coefficient (Wildman–Crippen LogP) is 26.0. The Morgan fingerprint density at radius 1 is 0.269 bits per heavy atom. The number of nitrogens with zero attached hydrogens (tertiary/aromatic N) is 5. The zero-order valence-corrected chi connectivity index (χ0v) is 91.9. The van der Waals surface area contributed by atoms with Gasteiger partial charge in [0, 0.05) is 0 Å². The predicted molar refractivity (Wildman–Crippen MR) is 594 cm³/mol. The quantitative estimate of drug-likeness (QED) is 0.0766. The third kappa shape index (κ3) is 13.8. The van der Waals surface area contributed by atoms with Crippen molar-refractivity contribution < 1.29 is 38.4 Å². The van der Waals surface area contributed by atoms with Gasteiger partial charge in [0.2, 0.25) is 0 Å². The average Bonchev–Trinajstić information content (AvgIpc) is 1.63. The number of thiocarbonyl (C=S) groups is 2. The number of carbonyl (C=O) groups is 8. The Labute approximate surface area is 878 Å².